The molecule has 5 heteroatoms. The number of fused-ring (bicyclic) bond motifs is 1. The highest BCUT2D eigenvalue weighted by Crippen LogP contribution is 2.18. The number of piperidine rings is 1. The van der Waals surface area contributed by atoms with Crippen molar-refractivity contribution in [3.63, 3.8) is 0 Å². The molecule has 1 fully saturated rings. The molecule has 1 unspecified atom stereocenters. The summed E-state index contributed by atoms with van der Waals surface area (Å²) in [6.45, 7) is 2.82. The first-order valence-electron chi connectivity index (χ1n) is 8.83. The average molecular weight is 334 g/mol. The van der Waals surface area contributed by atoms with E-state index in [1.165, 1.54) is 12.8 Å². The van der Waals surface area contributed by atoms with Gasteiger partial charge in [0.2, 0.25) is 0 Å². The van der Waals surface area contributed by atoms with Crippen molar-refractivity contribution >= 4 is 16.9 Å². The van der Waals surface area contributed by atoms with E-state index in [0.29, 0.717) is 11.5 Å². The predicted octanol–water partition coefficient (Wildman–Crippen LogP) is 2.75. The van der Waals surface area contributed by atoms with E-state index in [4.69, 9.17) is 0 Å². The van der Waals surface area contributed by atoms with Gasteiger partial charge in [-0.3, -0.25) is 9.36 Å². The molecule has 5 nitrogen and oxygen atoms in total. The van der Waals surface area contributed by atoms with Gasteiger partial charge in [-0.25, -0.2) is 4.98 Å². The number of hydrogen-bond acceptors (Lipinski definition) is 3. The molecule has 0 aliphatic carbocycles. The number of carbonyl (C=O) groups excluding carboxylic acids is 1. The van der Waals surface area contributed by atoms with Crippen LogP contribution < -0.4 is 10.6 Å². The third-order valence-electron chi connectivity index (χ3n) is 4.81. The maximum absolute atomic E-state index is 12.3. The Morgan fingerprint density at radius 3 is 2.84 bits per heavy atom. The molecule has 1 atom stereocenters. The van der Waals surface area contributed by atoms with Gasteiger partial charge in [0, 0.05) is 17.8 Å². The van der Waals surface area contributed by atoms with Crippen LogP contribution >= 0.6 is 0 Å². The van der Waals surface area contributed by atoms with Crippen LogP contribution in [0.25, 0.3) is 16.7 Å². The minimum Gasteiger partial charge on any atom is -0.352 e. The summed E-state index contributed by atoms with van der Waals surface area (Å²) in [7, 11) is 0. The van der Waals surface area contributed by atoms with Crippen LogP contribution in [0, 0.1) is 5.92 Å². The Bertz CT molecular complexity index is 863. The van der Waals surface area contributed by atoms with Crippen LogP contribution in [-0.2, 0) is 0 Å². The number of nitrogens with one attached hydrogen (secondary N) is 2. The highest BCUT2D eigenvalue weighted by atomic mass is 16.1. The molecule has 25 heavy (non-hydrogen) atoms. The fourth-order valence-electron chi connectivity index (χ4n) is 3.38. The molecule has 0 spiro atoms. The lowest BCUT2D eigenvalue weighted by Gasteiger charge is -2.22. The number of para-hydroxylation sites is 2. The minimum absolute atomic E-state index is 0.00684. The van der Waals surface area contributed by atoms with Crippen LogP contribution in [-0.4, -0.2) is 35.1 Å². The van der Waals surface area contributed by atoms with Crippen LogP contribution in [0.1, 0.15) is 23.2 Å². The molecular formula is C20H22N4O. The Balaban J connectivity index is 1.45. The highest BCUT2D eigenvalue weighted by Gasteiger charge is 2.14. The highest BCUT2D eigenvalue weighted by molar-refractivity contribution is 5.94. The average Bonchev–Trinajstić information content (AvgIpc) is 3.11. The molecule has 1 aliphatic heterocycles. The van der Waals surface area contributed by atoms with Crippen molar-refractivity contribution in [2.24, 2.45) is 5.92 Å². The molecule has 1 aromatic heterocycles. The quantitative estimate of drug-likeness (QED) is 0.771. The van der Waals surface area contributed by atoms with E-state index in [9.17, 15) is 4.79 Å². The molecule has 0 radical (unpaired) electrons. The SMILES string of the molecule is O=C(NCC1CCCNC1)c1ccc(-n2cnc3ccccc32)cc1. The fraction of sp³-hybridized carbons (Fsp3) is 0.300. The van der Waals surface area contributed by atoms with Crippen molar-refractivity contribution in [1.82, 2.24) is 20.2 Å². The van der Waals surface area contributed by atoms with Crippen LogP contribution in [0.3, 0.4) is 0 Å². The van der Waals surface area contributed by atoms with Gasteiger partial charge in [0.25, 0.3) is 5.91 Å². The molecule has 2 heterocycles. The normalized spacial score (nSPS) is 17.5. The number of amides is 1. The molecular weight excluding hydrogens is 312 g/mol. The van der Waals surface area contributed by atoms with Gasteiger partial charge in [0.15, 0.2) is 0 Å². The Morgan fingerprint density at radius 1 is 1.20 bits per heavy atom. The molecule has 0 saturated carbocycles. The van der Waals surface area contributed by atoms with Crippen molar-refractivity contribution in [1.29, 1.82) is 0 Å². The lowest BCUT2D eigenvalue weighted by atomic mass is 9.99. The third-order valence-corrected chi connectivity index (χ3v) is 4.81. The number of imidazole rings is 1. The second kappa shape index (κ2) is 7.07. The maximum Gasteiger partial charge on any atom is 0.251 e. The number of aromatic nitrogens is 2. The lowest BCUT2D eigenvalue weighted by molar-refractivity contribution is 0.0945. The Labute approximate surface area is 147 Å². The summed E-state index contributed by atoms with van der Waals surface area (Å²) in [6, 6.07) is 15.7. The number of hydrogen-bond donors (Lipinski definition) is 2. The smallest absolute Gasteiger partial charge is 0.251 e. The number of nitrogens with zero attached hydrogens (tertiary/aromatic N) is 2. The van der Waals surface area contributed by atoms with Gasteiger partial charge in [-0.15, -0.1) is 0 Å². The van der Waals surface area contributed by atoms with Crippen molar-refractivity contribution < 1.29 is 4.79 Å². The van der Waals surface area contributed by atoms with Crippen LogP contribution in [0.15, 0.2) is 54.9 Å². The largest absolute Gasteiger partial charge is 0.352 e. The molecule has 1 saturated heterocycles. The zero-order valence-corrected chi connectivity index (χ0v) is 14.1. The number of benzene rings is 2. The first kappa shape index (κ1) is 15.8. The molecule has 2 N–H and O–H groups in total. The second-order valence-electron chi connectivity index (χ2n) is 6.57. The molecule has 0 bridgehead atoms. The van der Waals surface area contributed by atoms with Gasteiger partial charge in [-0.05, 0) is 68.2 Å². The maximum atomic E-state index is 12.3. The van der Waals surface area contributed by atoms with Gasteiger partial charge in [-0.1, -0.05) is 12.1 Å². The Hall–Kier alpha value is -2.66. The molecule has 2 aromatic carbocycles. The van der Waals surface area contributed by atoms with Crippen molar-refractivity contribution in [3.8, 4) is 5.69 Å². The van der Waals surface area contributed by atoms with Crippen LogP contribution in [0.4, 0.5) is 0 Å². The molecule has 3 aromatic rings. The topological polar surface area (TPSA) is 59.0 Å². The Morgan fingerprint density at radius 2 is 2.04 bits per heavy atom. The van der Waals surface area contributed by atoms with E-state index in [2.05, 4.69) is 15.6 Å². The van der Waals surface area contributed by atoms with Gasteiger partial charge >= 0.3 is 0 Å². The van der Waals surface area contributed by atoms with Crippen molar-refractivity contribution in [2.75, 3.05) is 19.6 Å². The first-order valence-corrected chi connectivity index (χ1v) is 8.83. The number of carbonyl (C=O) groups is 1. The van der Waals surface area contributed by atoms with Gasteiger partial charge in [0.05, 0.1) is 11.0 Å². The van der Waals surface area contributed by atoms with Gasteiger partial charge in [0.1, 0.15) is 6.33 Å². The summed E-state index contributed by atoms with van der Waals surface area (Å²) in [5.74, 6) is 0.530. The monoisotopic (exact) mass is 334 g/mol. The summed E-state index contributed by atoms with van der Waals surface area (Å²) in [5.41, 5.74) is 3.72. The summed E-state index contributed by atoms with van der Waals surface area (Å²) in [5, 5.41) is 6.43. The van der Waals surface area contributed by atoms with E-state index in [-0.39, 0.29) is 5.91 Å². The summed E-state index contributed by atoms with van der Waals surface area (Å²) < 4.78 is 2.03. The zero-order valence-electron chi connectivity index (χ0n) is 14.1. The summed E-state index contributed by atoms with van der Waals surface area (Å²) in [4.78, 5) is 16.8. The molecule has 128 valence electrons. The fourth-order valence-corrected chi connectivity index (χ4v) is 3.38. The van der Waals surface area contributed by atoms with E-state index < -0.39 is 0 Å². The first-order chi connectivity index (χ1) is 12.3. The molecule has 1 aliphatic rings. The van der Waals surface area contributed by atoms with E-state index in [1.54, 1.807) is 0 Å². The van der Waals surface area contributed by atoms with Gasteiger partial charge < -0.3 is 10.6 Å². The van der Waals surface area contributed by atoms with E-state index >= 15 is 0 Å². The number of rotatable bonds is 4. The van der Waals surface area contributed by atoms with Crippen LogP contribution in [0.2, 0.25) is 0 Å². The van der Waals surface area contributed by atoms with Gasteiger partial charge in [-0.2, -0.15) is 0 Å². The third kappa shape index (κ3) is 3.42. The molecule has 4 rings (SSSR count). The standard InChI is InChI=1S/C20H22N4O/c25-20(22-13-15-4-3-11-21-12-15)16-7-9-17(10-8-16)24-14-23-18-5-1-2-6-19(18)24/h1-2,5-10,14-15,21H,3-4,11-13H2,(H,22,25). The zero-order chi connectivity index (χ0) is 17.1. The van der Waals surface area contributed by atoms with Crippen LogP contribution in [0.5, 0.6) is 0 Å². The second-order valence-corrected chi connectivity index (χ2v) is 6.57. The Kier molecular flexibility index (Phi) is 4.48. The van der Waals surface area contributed by atoms with Crippen molar-refractivity contribution in [2.45, 2.75) is 12.8 Å². The minimum atomic E-state index is -0.00684. The van der Waals surface area contributed by atoms with E-state index in [1.807, 2.05) is 59.4 Å². The molecule has 1 amide bonds. The predicted molar refractivity (Wildman–Crippen MR) is 99.0 cm³/mol. The van der Waals surface area contributed by atoms with E-state index in [0.717, 1.165) is 36.4 Å². The lowest BCUT2D eigenvalue weighted by Crippen LogP contribution is -2.38. The summed E-state index contributed by atoms with van der Waals surface area (Å²) >= 11 is 0. The van der Waals surface area contributed by atoms with Crippen molar-refractivity contribution in [3.05, 3.63) is 60.4 Å². The summed E-state index contributed by atoms with van der Waals surface area (Å²) in [6.07, 6.45) is 4.18.